The van der Waals surface area contributed by atoms with Crippen LogP contribution < -0.4 is 0 Å². The summed E-state index contributed by atoms with van der Waals surface area (Å²) in [4.78, 5) is 0. The summed E-state index contributed by atoms with van der Waals surface area (Å²) in [6.07, 6.45) is 1.04. The van der Waals surface area contributed by atoms with Gasteiger partial charge in [0.25, 0.3) is 0 Å². The molecule has 0 aliphatic heterocycles. The lowest BCUT2D eigenvalue weighted by Crippen LogP contribution is -1.96. The minimum atomic E-state index is 0.768. The summed E-state index contributed by atoms with van der Waals surface area (Å²) in [5.41, 5.74) is 5.39. The van der Waals surface area contributed by atoms with Crippen LogP contribution in [0.1, 0.15) is 18.1 Å². The minimum absolute atomic E-state index is 0.768. The van der Waals surface area contributed by atoms with Crippen LogP contribution in [0.25, 0.3) is 16.9 Å². The van der Waals surface area contributed by atoms with E-state index in [1.165, 1.54) is 11.1 Å². The molecule has 0 saturated carbocycles. The quantitative estimate of drug-likeness (QED) is 0.494. The molecule has 2 heterocycles. The van der Waals surface area contributed by atoms with Crippen LogP contribution in [0.2, 0.25) is 0 Å². The van der Waals surface area contributed by atoms with Gasteiger partial charge < -0.3 is 0 Å². The largest absolute Gasteiger partial charge is 0.212 e. The van der Waals surface area contributed by atoms with Gasteiger partial charge in [0.2, 0.25) is 5.16 Å². The molecule has 4 nitrogen and oxygen atoms in total. The number of hydrogen-bond donors (Lipinski definition) is 0. The zero-order valence-corrected chi connectivity index (χ0v) is 14.8. The van der Waals surface area contributed by atoms with Crippen molar-refractivity contribution in [3.63, 3.8) is 0 Å². The number of fused-ring (bicyclic) bond motifs is 1. The minimum Gasteiger partial charge on any atom is -0.187 e. The average molecular weight is 346 g/mol. The summed E-state index contributed by atoms with van der Waals surface area (Å²) in [7, 11) is 0. The van der Waals surface area contributed by atoms with E-state index in [0.29, 0.717) is 0 Å². The van der Waals surface area contributed by atoms with Gasteiger partial charge in [-0.15, -0.1) is 10.2 Å². The SMILES string of the molecule is CCc1ccc(-c2ccc3nnc(SCc4ccccc4)n3n2)cc1. The highest BCUT2D eigenvalue weighted by Crippen LogP contribution is 2.23. The predicted octanol–water partition coefficient (Wildman–Crippen LogP) is 4.65. The van der Waals surface area contributed by atoms with Crippen molar-refractivity contribution in [1.82, 2.24) is 19.8 Å². The summed E-state index contributed by atoms with van der Waals surface area (Å²) in [6.45, 7) is 2.16. The van der Waals surface area contributed by atoms with E-state index < -0.39 is 0 Å². The van der Waals surface area contributed by atoms with E-state index in [9.17, 15) is 0 Å². The maximum atomic E-state index is 4.74. The lowest BCUT2D eigenvalue weighted by molar-refractivity contribution is 0.813. The van der Waals surface area contributed by atoms with Crippen molar-refractivity contribution in [3.05, 3.63) is 77.9 Å². The fourth-order valence-electron chi connectivity index (χ4n) is 2.65. The van der Waals surface area contributed by atoms with Crippen molar-refractivity contribution >= 4 is 17.4 Å². The molecule has 124 valence electrons. The molecule has 0 atom stereocenters. The fourth-order valence-corrected chi connectivity index (χ4v) is 3.49. The molecule has 0 radical (unpaired) electrons. The Morgan fingerprint density at radius 3 is 2.40 bits per heavy atom. The molecule has 0 amide bonds. The molecule has 0 aliphatic carbocycles. The van der Waals surface area contributed by atoms with Crippen LogP contribution in [-0.4, -0.2) is 19.8 Å². The van der Waals surface area contributed by atoms with Crippen LogP contribution in [0, 0.1) is 0 Å². The van der Waals surface area contributed by atoms with Crippen LogP contribution in [0.5, 0.6) is 0 Å². The molecule has 2 aromatic heterocycles. The second-order valence-electron chi connectivity index (χ2n) is 5.80. The van der Waals surface area contributed by atoms with Gasteiger partial charge >= 0.3 is 0 Å². The molecule has 0 spiro atoms. The Morgan fingerprint density at radius 1 is 0.840 bits per heavy atom. The van der Waals surface area contributed by atoms with Gasteiger partial charge in [-0.1, -0.05) is 73.3 Å². The molecular weight excluding hydrogens is 328 g/mol. The van der Waals surface area contributed by atoms with E-state index >= 15 is 0 Å². The highest BCUT2D eigenvalue weighted by molar-refractivity contribution is 7.98. The van der Waals surface area contributed by atoms with Gasteiger partial charge in [-0.05, 0) is 29.7 Å². The van der Waals surface area contributed by atoms with Crippen molar-refractivity contribution in [2.45, 2.75) is 24.3 Å². The van der Waals surface area contributed by atoms with Gasteiger partial charge in [-0.2, -0.15) is 9.61 Å². The highest BCUT2D eigenvalue weighted by Gasteiger charge is 2.09. The Balaban J connectivity index is 1.62. The Kier molecular flexibility index (Phi) is 4.48. The lowest BCUT2D eigenvalue weighted by atomic mass is 10.1. The molecule has 0 unspecified atom stereocenters. The van der Waals surface area contributed by atoms with E-state index in [2.05, 4.69) is 53.5 Å². The number of aryl methyl sites for hydroxylation is 1. The normalized spacial score (nSPS) is 11.1. The predicted molar refractivity (Wildman–Crippen MR) is 102 cm³/mol. The van der Waals surface area contributed by atoms with Gasteiger partial charge in [0, 0.05) is 11.3 Å². The zero-order valence-electron chi connectivity index (χ0n) is 14.0. The number of rotatable bonds is 5. The first-order valence-electron chi connectivity index (χ1n) is 8.32. The third-order valence-corrected chi connectivity index (χ3v) is 5.09. The number of thioether (sulfide) groups is 1. The van der Waals surface area contributed by atoms with Gasteiger partial charge in [0.05, 0.1) is 5.69 Å². The summed E-state index contributed by atoms with van der Waals surface area (Å²) in [5, 5.41) is 14.1. The molecule has 0 saturated heterocycles. The van der Waals surface area contributed by atoms with E-state index in [-0.39, 0.29) is 0 Å². The van der Waals surface area contributed by atoms with E-state index in [1.54, 1.807) is 11.8 Å². The molecule has 0 fully saturated rings. The van der Waals surface area contributed by atoms with E-state index in [4.69, 9.17) is 5.10 Å². The smallest absolute Gasteiger partial charge is 0.187 e. The van der Waals surface area contributed by atoms with E-state index in [0.717, 1.165) is 34.2 Å². The first-order chi connectivity index (χ1) is 12.3. The molecule has 0 bridgehead atoms. The number of hydrogen-bond acceptors (Lipinski definition) is 4. The Bertz CT molecular complexity index is 978. The van der Waals surface area contributed by atoms with Gasteiger partial charge in [-0.25, -0.2) is 0 Å². The maximum Gasteiger partial charge on any atom is 0.212 e. The Morgan fingerprint density at radius 2 is 1.64 bits per heavy atom. The first kappa shape index (κ1) is 15.8. The third-order valence-electron chi connectivity index (χ3n) is 4.10. The zero-order chi connectivity index (χ0) is 17.1. The highest BCUT2D eigenvalue weighted by atomic mass is 32.2. The first-order valence-corrected chi connectivity index (χ1v) is 9.30. The second kappa shape index (κ2) is 7.07. The lowest BCUT2D eigenvalue weighted by Gasteiger charge is -2.04. The molecule has 5 heteroatoms. The summed E-state index contributed by atoms with van der Waals surface area (Å²) < 4.78 is 1.83. The molecule has 2 aromatic carbocycles. The standard InChI is InChI=1S/C20H18N4S/c1-2-15-8-10-17(11-9-15)18-12-13-19-21-22-20(24(19)23-18)25-14-16-6-4-3-5-7-16/h3-13H,2,14H2,1H3. The van der Waals surface area contributed by atoms with Crippen LogP contribution in [-0.2, 0) is 12.2 Å². The van der Waals surface area contributed by atoms with Crippen molar-refractivity contribution in [2.24, 2.45) is 0 Å². The summed E-state index contributed by atoms with van der Waals surface area (Å²) >= 11 is 1.65. The van der Waals surface area contributed by atoms with Crippen LogP contribution in [0.4, 0.5) is 0 Å². The number of aromatic nitrogens is 4. The average Bonchev–Trinajstić information content (AvgIpc) is 3.09. The van der Waals surface area contributed by atoms with Gasteiger partial charge in [-0.3, -0.25) is 0 Å². The molecule has 4 rings (SSSR count). The number of benzene rings is 2. The van der Waals surface area contributed by atoms with Gasteiger partial charge in [0.15, 0.2) is 5.65 Å². The molecule has 0 aliphatic rings. The maximum absolute atomic E-state index is 4.74. The van der Waals surface area contributed by atoms with Gasteiger partial charge in [0.1, 0.15) is 0 Å². The molecule has 25 heavy (non-hydrogen) atoms. The Hall–Kier alpha value is -2.66. The third kappa shape index (κ3) is 3.42. The van der Waals surface area contributed by atoms with Crippen LogP contribution in [0.3, 0.4) is 0 Å². The topological polar surface area (TPSA) is 43.1 Å². The second-order valence-corrected chi connectivity index (χ2v) is 6.74. The molecule has 0 N–H and O–H groups in total. The number of nitrogens with zero attached hydrogens (tertiary/aromatic N) is 4. The summed E-state index contributed by atoms with van der Waals surface area (Å²) in [6, 6.07) is 22.9. The van der Waals surface area contributed by atoms with Crippen molar-refractivity contribution in [1.29, 1.82) is 0 Å². The van der Waals surface area contributed by atoms with Crippen molar-refractivity contribution in [3.8, 4) is 11.3 Å². The monoisotopic (exact) mass is 346 g/mol. The Labute approximate surface area is 150 Å². The molecule has 4 aromatic rings. The van der Waals surface area contributed by atoms with Crippen molar-refractivity contribution in [2.75, 3.05) is 0 Å². The van der Waals surface area contributed by atoms with Crippen LogP contribution in [0.15, 0.2) is 71.9 Å². The van der Waals surface area contributed by atoms with Crippen molar-refractivity contribution < 1.29 is 0 Å². The molecular formula is C20H18N4S. The summed E-state index contributed by atoms with van der Waals surface area (Å²) in [5.74, 6) is 0.846. The fraction of sp³-hybridized carbons (Fsp3) is 0.150. The van der Waals surface area contributed by atoms with Crippen LogP contribution >= 0.6 is 11.8 Å². The van der Waals surface area contributed by atoms with E-state index in [1.807, 2.05) is 34.8 Å².